The predicted molar refractivity (Wildman–Crippen MR) is 121 cm³/mol. The van der Waals surface area contributed by atoms with Crippen LogP contribution in [0.5, 0.6) is 0 Å². The minimum absolute atomic E-state index is 0.243. The summed E-state index contributed by atoms with van der Waals surface area (Å²) < 4.78 is 0. The molecule has 1 heterocycles. The minimum Gasteiger partial charge on any atom is -0.361 e. The van der Waals surface area contributed by atoms with Gasteiger partial charge in [-0.3, -0.25) is 4.79 Å². The summed E-state index contributed by atoms with van der Waals surface area (Å²) in [5, 5.41) is 5.43. The number of allylic oxidation sites excluding steroid dienone is 7. The van der Waals surface area contributed by atoms with Gasteiger partial charge < -0.3 is 10.3 Å². The fourth-order valence-electron chi connectivity index (χ4n) is 3.65. The van der Waals surface area contributed by atoms with E-state index in [1.54, 1.807) is 0 Å². The van der Waals surface area contributed by atoms with Crippen molar-refractivity contribution in [2.45, 2.75) is 53.4 Å². The van der Waals surface area contributed by atoms with Gasteiger partial charge in [0.1, 0.15) is 0 Å². The number of hydrogen-bond donors (Lipinski definition) is 2. The van der Waals surface area contributed by atoms with Crippen LogP contribution in [0.2, 0.25) is 0 Å². The fraction of sp³-hybridized carbons (Fsp3) is 0.346. The predicted octanol–water partition coefficient (Wildman–Crippen LogP) is 3.93. The number of rotatable bonds is 2. The number of aromatic nitrogens is 1. The van der Waals surface area contributed by atoms with Crippen LogP contribution in [-0.2, 0) is 4.79 Å². The molecule has 2 aliphatic rings. The number of nitrogens with one attached hydrogen (secondary N) is 2. The highest BCUT2D eigenvalue weighted by atomic mass is 16.1. The zero-order valence-electron chi connectivity index (χ0n) is 17.9. The molecular weight excluding hydrogens is 356 g/mol. The Hall–Kier alpha value is -2.99. The summed E-state index contributed by atoms with van der Waals surface area (Å²) in [5.41, 5.74) is 5.93. The maximum Gasteiger partial charge on any atom is 0.300 e. The van der Waals surface area contributed by atoms with E-state index in [2.05, 4.69) is 73.4 Å². The van der Waals surface area contributed by atoms with Gasteiger partial charge in [0.25, 0.3) is 5.91 Å². The van der Waals surface area contributed by atoms with Crippen molar-refractivity contribution in [3.63, 3.8) is 0 Å². The lowest BCUT2D eigenvalue weighted by Crippen LogP contribution is -2.25. The third kappa shape index (κ3) is 5.29. The number of aryl methyl sites for hydroxylation is 1. The van der Waals surface area contributed by atoms with Gasteiger partial charge in [-0.2, -0.15) is 0 Å². The van der Waals surface area contributed by atoms with Gasteiger partial charge in [0, 0.05) is 28.9 Å². The standard InChI is InChI=1S/C26H30N2O/c1-5-6-10-26(29)28-24-9-7-8-21(13-12-19(24)3)22-15-18(2)11-14-25-23(16-22)20(4)17-27-25/h7-9,14-18,27H,5,11-13H2,1-4H3,(H,28,29). The zero-order valence-corrected chi connectivity index (χ0v) is 17.9. The number of fused-ring (bicyclic) bond motifs is 1. The Morgan fingerprint density at radius 3 is 2.93 bits per heavy atom. The second-order valence-corrected chi connectivity index (χ2v) is 7.84. The molecule has 0 fully saturated rings. The van der Waals surface area contributed by atoms with E-state index < -0.39 is 0 Å². The molecule has 1 aromatic rings. The van der Waals surface area contributed by atoms with Crippen LogP contribution < -0.4 is 15.9 Å². The van der Waals surface area contributed by atoms with E-state index in [4.69, 9.17) is 0 Å². The van der Waals surface area contributed by atoms with Crippen molar-refractivity contribution in [3.05, 3.63) is 69.0 Å². The molecule has 0 spiro atoms. The van der Waals surface area contributed by atoms with Gasteiger partial charge in [0.05, 0.1) is 0 Å². The summed E-state index contributed by atoms with van der Waals surface area (Å²) in [6, 6.07) is 0. The van der Waals surface area contributed by atoms with E-state index in [1.807, 2.05) is 19.1 Å². The van der Waals surface area contributed by atoms with Crippen LogP contribution in [-0.4, -0.2) is 10.9 Å². The molecule has 3 rings (SSSR count). The molecule has 0 bridgehead atoms. The third-order valence-electron chi connectivity index (χ3n) is 5.40. The monoisotopic (exact) mass is 386 g/mol. The molecule has 0 radical (unpaired) electrons. The van der Waals surface area contributed by atoms with Gasteiger partial charge in [0.15, 0.2) is 0 Å². The normalized spacial score (nSPS) is 19.0. The summed E-state index contributed by atoms with van der Waals surface area (Å²) in [4.78, 5) is 15.4. The van der Waals surface area contributed by atoms with Crippen molar-refractivity contribution in [3.8, 4) is 11.8 Å². The summed E-state index contributed by atoms with van der Waals surface area (Å²) in [7, 11) is 0. The van der Waals surface area contributed by atoms with Crippen molar-refractivity contribution >= 4 is 18.1 Å². The minimum atomic E-state index is -0.243. The Morgan fingerprint density at radius 1 is 1.31 bits per heavy atom. The summed E-state index contributed by atoms with van der Waals surface area (Å²) in [6.45, 7) is 8.43. The Bertz CT molecular complexity index is 1090. The molecule has 150 valence electrons. The van der Waals surface area contributed by atoms with Gasteiger partial charge >= 0.3 is 0 Å². The lowest BCUT2D eigenvalue weighted by atomic mass is 9.91. The molecular formula is C26H30N2O. The first-order valence-corrected chi connectivity index (χ1v) is 10.4. The number of H-pyrrole nitrogens is 1. The van der Waals surface area contributed by atoms with E-state index in [9.17, 15) is 4.79 Å². The Balaban J connectivity index is 1.91. The van der Waals surface area contributed by atoms with E-state index >= 15 is 0 Å². The number of hydrogen-bond acceptors (Lipinski definition) is 1. The first kappa shape index (κ1) is 20.7. The highest BCUT2D eigenvalue weighted by molar-refractivity contribution is 5.95. The molecule has 1 unspecified atom stereocenters. The second kappa shape index (κ2) is 9.47. The molecule has 3 heteroatoms. The average Bonchev–Trinajstić information content (AvgIpc) is 3.01. The highest BCUT2D eigenvalue weighted by Crippen LogP contribution is 2.26. The van der Waals surface area contributed by atoms with Crippen molar-refractivity contribution in [1.82, 2.24) is 10.3 Å². The fourth-order valence-corrected chi connectivity index (χ4v) is 3.65. The molecule has 0 saturated heterocycles. The maximum atomic E-state index is 12.0. The van der Waals surface area contributed by atoms with E-state index in [0.717, 1.165) is 25.0 Å². The smallest absolute Gasteiger partial charge is 0.300 e. The first-order chi connectivity index (χ1) is 14.0. The topological polar surface area (TPSA) is 44.9 Å². The molecule has 3 nitrogen and oxygen atoms in total. The Labute approximate surface area is 173 Å². The number of carbonyl (C=O) groups excluding carboxylic acids is 1. The molecule has 1 atom stereocenters. The van der Waals surface area contributed by atoms with Crippen LogP contribution in [0.15, 0.2) is 52.9 Å². The van der Waals surface area contributed by atoms with Crippen molar-refractivity contribution < 1.29 is 4.79 Å². The lowest BCUT2D eigenvalue weighted by molar-refractivity contribution is -0.115. The molecule has 1 amide bonds. The first-order valence-electron chi connectivity index (χ1n) is 10.4. The van der Waals surface area contributed by atoms with Crippen molar-refractivity contribution in [2.75, 3.05) is 0 Å². The lowest BCUT2D eigenvalue weighted by Gasteiger charge is -2.16. The van der Waals surface area contributed by atoms with Gasteiger partial charge in [0.2, 0.25) is 0 Å². The number of amides is 1. The van der Waals surface area contributed by atoms with Crippen LogP contribution in [0.4, 0.5) is 0 Å². The number of carbonyl (C=O) groups is 1. The summed E-state index contributed by atoms with van der Waals surface area (Å²) >= 11 is 0. The quantitative estimate of drug-likeness (QED) is 0.743. The third-order valence-corrected chi connectivity index (χ3v) is 5.40. The molecule has 29 heavy (non-hydrogen) atoms. The van der Waals surface area contributed by atoms with Crippen molar-refractivity contribution in [2.24, 2.45) is 5.92 Å². The van der Waals surface area contributed by atoms with Gasteiger partial charge in [-0.25, -0.2) is 0 Å². The van der Waals surface area contributed by atoms with E-state index in [0.29, 0.717) is 12.3 Å². The van der Waals surface area contributed by atoms with E-state index in [-0.39, 0.29) is 5.91 Å². The SMILES string of the molecule is CCC#CC(=O)NC1=C(C)CCC(C2=CC(C)CC=c3[nH]cc(C)c3=C2)=CC=C1. The summed E-state index contributed by atoms with van der Waals surface area (Å²) in [6.07, 6.45) is 18.8. The second-order valence-electron chi connectivity index (χ2n) is 7.84. The van der Waals surface area contributed by atoms with Crippen LogP contribution >= 0.6 is 0 Å². The van der Waals surface area contributed by atoms with Crippen LogP contribution in [0.1, 0.15) is 52.0 Å². The molecule has 0 aliphatic heterocycles. The van der Waals surface area contributed by atoms with Crippen molar-refractivity contribution in [1.29, 1.82) is 0 Å². The van der Waals surface area contributed by atoms with Gasteiger partial charge in [-0.15, -0.1) is 0 Å². The molecule has 2 N–H and O–H groups in total. The Kier molecular flexibility index (Phi) is 6.77. The maximum absolute atomic E-state index is 12.0. The molecule has 1 aromatic heterocycles. The van der Waals surface area contributed by atoms with E-state index in [1.165, 1.54) is 32.9 Å². The van der Waals surface area contributed by atoms with Crippen LogP contribution in [0.3, 0.4) is 0 Å². The largest absolute Gasteiger partial charge is 0.361 e. The highest BCUT2D eigenvalue weighted by Gasteiger charge is 2.12. The summed E-state index contributed by atoms with van der Waals surface area (Å²) in [5.74, 6) is 5.68. The van der Waals surface area contributed by atoms with Gasteiger partial charge in [-0.05, 0) is 79.4 Å². The van der Waals surface area contributed by atoms with Crippen LogP contribution in [0.25, 0.3) is 12.2 Å². The molecule has 0 saturated carbocycles. The Morgan fingerprint density at radius 2 is 2.14 bits per heavy atom. The van der Waals surface area contributed by atoms with Crippen LogP contribution in [0, 0.1) is 24.7 Å². The number of aromatic amines is 1. The average molecular weight is 387 g/mol. The van der Waals surface area contributed by atoms with Gasteiger partial charge in [-0.1, -0.05) is 44.1 Å². The zero-order chi connectivity index (χ0) is 20.8. The molecule has 2 aliphatic carbocycles. The molecule has 0 aromatic carbocycles.